The number of carbonyl (C=O) groups excluding carboxylic acids is 2. The second kappa shape index (κ2) is 10.2. The maximum absolute atomic E-state index is 12.2. The number of thiophene rings is 1. The lowest BCUT2D eigenvalue weighted by Gasteiger charge is -2.33. The molecule has 2 heterocycles. The third kappa shape index (κ3) is 6.02. The Hall–Kier alpha value is -2.48. The number of carbonyl (C=O) groups is 2. The average Bonchev–Trinajstić information content (AvgIpc) is 3.16. The molecule has 0 atom stereocenters. The molecule has 1 aliphatic rings. The Morgan fingerprint density at radius 2 is 1.79 bits per heavy atom. The number of piperazine rings is 1. The molecule has 1 aliphatic heterocycles. The van der Waals surface area contributed by atoms with Gasteiger partial charge in [-0.2, -0.15) is 0 Å². The average molecular weight is 399 g/mol. The van der Waals surface area contributed by atoms with Gasteiger partial charge in [0.05, 0.1) is 5.56 Å². The van der Waals surface area contributed by atoms with Gasteiger partial charge >= 0.3 is 0 Å². The normalized spacial score (nSPS) is 15.7. The van der Waals surface area contributed by atoms with Crippen molar-refractivity contribution in [1.29, 1.82) is 0 Å². The second-order valence-electron chi connectivity index (χ2n) is 6.78. The molecule has 1 saturated heterocycles. The zero-order valence-corrected chi connectivity index (χ0v) is 16.7. The first-order chi connectivity index (χ1) is 13.6. The third-order valence-corrected chi connectivity index (χ3v) is 5.61. The van der Waals surface area contributed by atoms with Crippen LogP contribution in [0.3, 0.4) is 0 Å². The quantitative estimate of drug-likeness (QED) is 0.716. The van der Waals surface area contributed by atoms with E-state index in [0.29, 0.717) is 17.0 Å². The Labute approximate surface area is 169 Å². The van der Waals surface area contributed by atoms with Crippen LogP contribution in [0.1, 0.15) is 22.3 Å². The number of benzene rings is 1. The minimum atomic E-state index is -0.519. The minimum absolute atomic E-state index is 0.0850. The topological polar surface area (TPSA) is 78.7 Å². The number of hydrogen-bond acceptors (Lipinski definition) is 5. The van der Waals surface area contributed by atoms with Gasteiger partial charge < -0.3 is 16.0 Å². The summed E-state index contributed by atoms with van der Waals surface area (Å²) in [5, 5.41) is 5.08. The monoisotopic (exact) mass is 398 g/mol. The zero-order chi connectivity index (χ0) is 19.8. The fourth-order valence-corrected chi connectivity index (χ4v) is 3.95. The van der Waals surface area contributed by atoms with Crippen molar-refractivity contribution < 1.29 is 9.59 Å². The number of nitrogens with one attached hydrogen (secondary N) is 1. The fraction of sp³-hybridized carbons (Fsp3) is 0.333. The van der Waals surface area contributed by atoms with Crippen LogP contribution in [-0.2, 0) is 4.79 Å². The lowest BCUT2D eigenvalue weighted by atomic mass is 10.2. The molecule has 0 spiro atoms. The lowest BCUT2D eigenvalue weighted by Crippen LogP contribution is -2.46. The first kappa shape index (κ1) is 20.3. The molecule has 0 unspecified atom stereocenters. The Morgan fingerprint density at radius 3 is 2.50 bits per heavy atom. The number of nitrogens with two attached hydrogens (primary N) is 1. The molecule has 7 heteroatoms. The van der Waals surface area contributed by atoms with Gasteiger partial charge in [-0.05, 0) is 17.0 Å². The van der Waals surface area contributed by atoms with E-state index in [-0.39, 0.29) is 5.91 Å². The highest BCUT2D eigenvalue weighted by atomic mass is 32.1. The van der Waals surface area contributed by atoms with Crippen molar-refractivity contribution in [2.75, 3.05) is 44.6 Å². The SMILES string of the molecule is NC(=O)c1ccsc1NC(=O)CCN1CCN(C/C=C/c2ccccc2)CC1. The molecule has 0 radical (unpaired) electrons. The van der Waals surface area contributed by atoms with Crippen molar-refractivity contribution in [2.45, 2.75) is 6.42 Å². The number of amides is 2. The summed E-state index contributed by atoms with van der Waals surface area (Å²) in [4.78, 5) is 28.2. The molecule has 0 saturated carbocycles. The zero-order valence-electron chi connectivity index (χ0n) is 15.8. The molecule has 1 fully saturated rings. The number of rotatable bonds is 8. The first-order valence-corrected chi connectivity index (χ1v) is 10.3. The highest BCUT2D eigenvalue weighted by Gasteiger charge is 2.17. The van der Waals surface area contributed by atoms with Crippen LogP contribution >= 0.6 is 11.3 Å². The Kier molecular flexibility index (Phi) is 7.36. The van der Waals surface area contributed by atoms with Crippen molar-refractivity contribution in [3.8, 4) is 0 Å². The molecule has 28 heavy (non-hydrogen) atoms. The van der Waals surface area contributed by atoms with E-state index in [1.807, 2.05) is 18.2 Å². The van der Waals surface area contributed by atoms with Gasteiger partial charge in [-0.15, -0.1) is 11.3 Å². The number of hydrogen-bond donors (Lipinski definition) is 2. The van der Waals surface area contributed by atoms with Gasteiger partial charge in [0.2, 0.25) is 5.91 Å². The number of primary amides is 1. The Bertz CT molecular complexity index is 811. The first-order valence-electron chi connectivity index (χ1n) is 9.45. The molecule has 2 amide bonds. The molecule has 148 valence electrons. The van der Waals surface area contributed by atoms with E-state index < -0.39 is 5.91 Å². The van der Waals surface area contributed by atoms with Gasteiger partial charge in [0.15, 0.2) is 0 Å². The summed E-state index contributed by atoms with van der Waals surface area (Å²) >= 11 is 1.31. The molecular formula is C21H26N4O2S. The molecule has 3 N–H and O–H groups in total. The summed E-state index contributed by atoms with van der Waals surface area (Å²) in [7, 11) is 0. The van der Waals surface area contributed by atoms with Crippen molar-refractivity contribution >= 4 is 34.2 Å². The molecular weight excluding hydrogens is 372 g/mol. The fourth-order valence-electron chi connectivity index (χ4n) is 3.15. The van der Waals surface area contributed by atoms with Crippen LogP contribution in [0.15, 0.2) is 47.9 Å². The van der Waals surface area contributed by atoms with Crippen molar-refractivity contribution in [2.24, 2.45) is 5.73 Å². The molecule has 2 aromatic rings. The van der Waals surface area contributed by atoms with Gasteiger partial charge in [0, 0.05) is 45.7 Å². The molecule has 6 nitrogen and oxygen atoms in total. The van der Waals surface area contributed by atoms with Crippen molar-refractivity contribution in [3.63, 3.8) is 0 Å². The summed E-state index contributed by atoms with van der Waals surface area (Å²) in [5.41, 5.74) is 6.90. The summed E-state index contributed by atoms with van der Waals surface area (Å²) in [6.45, 7) is 5.57. The van der Waals surface area contributed by atoms with Crippen LogP contribution in [0, 0.1) is 0 Å². The van der Waals surface area contributed by atoms with Crippen LogP contribution in [0.2, 0.25) is 0 Å². The van der Waals surface area contributed by atoms with Crippen LogP contribution in [-0.4, -0.2) is 60.9 Å². The van der Waals surface area contributed by atoms with Gasteiger partial charge in [-0.3, -0.25) is 14.5 Å². The predicted octanol–water partition coefficient (Wildman–Crippen LogP) is 2.51. The van der Waals surface area contributed by atoms with Crippen molar-refractivity contribution in [3.05, 3.63) is 59.0 Å². The van der Waals surface area contributed by atoms with Gasteiger partial charge in [-0.25, -0.2) is 0 Å². The standard InChI is InChI=1S/C21H26N4O2S/c22-20(27)18-9-16-28-21(18)23-19(26)8-11-25-14-12-24(13-15-25)10-4-7-17-5-2-1-3-6-17/h1-7,9,16H,8,10-15H2,(H2,22,27)(H,23,26)/b7-4+. The van der Waals surface area contributed by atoms with Crippen LogP contribution in [0.4, 0.5) is 5.00 Å². The van der Waals surface area contributed by atoms with E-state index in [9.17, 15) is 9.59 Å². The molecule has 1 aromatic heterocycles. The van der Waals surface area contributed by atoms with Crippen LogP contribution in [0.5, 0.6) is 0 Å². The van der Waals surface area contributed by atoms with E-state index in [0.717, 1.165) is 39.3 Å². The molecule has 1 aromatic carbocycles. The summed E-state index contributed by atoms with van der Waals surface area (Å²) in [5.74, 6) is -0.604. The molecule has 0 aliphatic carbocycles. The van der Waals surface area contributed by atoms with Gasteiger partial charge in [0.1, 0.15) is 5.00 Å². The van der Waals surface area contributed by atoms with Gasteiger partial charge in [-0.1, -0.05) is 42.5 Å². The van der Waals surface area contributed by atoms with E-state index in [4.69, 9.17) is 5.73 Å². The maximum Gasteiger partial charge on any atom is 0.251 e. The van der Waals surface area contributed by atoms with Crippen molar-refractivity contribution in [1.82, 2.24) is 9.80 Å². The second-order valence-corrected chi connectivity index (χ2v) is 7.70. The number of anilines is 1. The third-order valence-electron chi connectivity index (χ3n) is 4.78. The highest BCUT2D eigenvalue weighted by molar-refractivity contribution is 7.14. The molecule has 3 rings (SSSR count). The Morgan fingerprint density at radius 1 is 1.07 bits per heavy atom. The molecule has 0 bridgehead atoms. The lowest BCUT2D eigenvalue weighted by molar-refractivity contribution is -0.116. The largest absolute Gasteiger partial charge is 0.366 e. The van der Waals surface area contributed by atoms with Crippen LogP contribution in [0.25, 0.3) is 6.08 Å². The smallest absolute Gasteiger partial charge is 0.251 e. The van der Waals surface area contributed by atoms with Gasteiger partial charge in [0.25, 0.3) is 5.91 Å². The van der Waals surface area contributed by atoms with Crippen LogP contribution < -0.4 is 11.1 Å². The van der Waals surface area contributed by atoms with E-state index >= 15 is 0 Å². The summed E-state index contributed by atoms with van der Waals surface area (Å²) in [6, 6.07) is 11.9. The minimum Gasteiger partial charge on any atom is -0.366 e. The predicted molar refractivity (Wildman–Crippen MR) is 114 cm³/mol. The van der Waals surface area contributed by atoms with E-state index in [1.165, 1.54) is 16.9 Å². The highest BCUT2D eigenvalue weighted by Crippen LogP contribution is 2.22. The summed E-state index contributed by atoms with van der Waals surface area (Å²) < 4.78 is 0. The van der Waals surface area contributed by atoms with E-state index in [2.05, 4.69) is 39.4 Å². The Balaban J connectivity index is 1.35. The number of nitrogens with zero attached hydrogens (tertiary/aromatic N) is 2. The maximum atomic E-state index is 12.2. The summed E-state index contributed by atoms with van der Waals surface area (Å²) in [6.07, 6.45) is 4.77. The van der Waals surface area contributed by atoms with E-state index in [1.54, 1.807) is 11.4 Å².